The fourth-order valence-corrected chi connectivity index (χ4v) is 6.01. The number of carbonyl (C=O) groups excluding carboxylic acids is 1. The van der Waals surface area contributed by atoms with E-state index in [0.717, 1.165) is 27.9 Å². The van der Waals surface area contributed by atoms with E-state index in [2.05, 4.69) is 34.5 Å². The molecule has 1 aromatic carbocycles. The maximum Gasteiger partial charge on any atom is 0.251 e. The number of nitrogens with one attached hydrogen (secondary N) is 2. The second-order valence-corrected chi connectivity index (χ2v) is 10.5. The van der Waals surface area contributed by atoms with Gasteiger partial charge in [0.2, 0.25) is 5.95 Å². The van der Waals surface area contributed by atoms with Crippen LogP contribution in [-0.2, 0) is 0 Å². The molecule has 0 spiro atoms. The molecule has 1 amide bonds. The third-order valence-electron chi connectivity index (χ3n) is 6.98. The lowest BCUT2D eigenvalue weighted by Crippen LogP contribution is -2.37. The molecule has 0 aliphatic carbocycles. The van der Waals surface area contributed by atoms with Crippen molar-refractivity contribution < 1.29 is 4.79 Å². The number of hydrogen-bond donors (Lipinski definition) is 2. The SMILES string of the molecule is CCC1(CCCNc2ncc(Cl)c(-c3cc4c(C(=O)NC)cccc4s3)n2)CCN(C)CC1. The number of piperidine rings is 1. The van der Waals surface area contributed by atoms with Crippen LogP contribution in [0.15, 0.2) is 30.5 Å². The van der Waals surface area contributed by atoms with Crippen molar-refractivity contribution in [3.05, 3.63) is 41.0 Å². The predicted octanol–water partition coefficient (Wildman–Crippen LogP) is 5.69. The smallest absolute Gasteiger partial charge is 0.251 e. The van der Waals surface area contributed by atoms with E-state index in [-0.39, 0.29) is 5.91 Å². The topological polar surface area (TPSA) is 70.1 Å². The minimum atomic E-state index is -0.101. The van der Waals surface area contributed by atoms with Crippen LogP contribution in [-0.4, -0.2) is 54.5 Å². The highest BCUT2D eigenvalue weighted by Gasteiger charge is 2.31. The standard InChI is InChI=1S/C25H32ClN5OS/c1-4-25(10-13-31(3)14-11-25)9-6-12-28-24-29-16-19(26)22(30-24)21-15-18-17(23(32)27-2)7-5-8-20(18)33-21/h5,7-8,15-16H,4,6,9-14H2,1-3H3,(H,27,32)(H,28,29,30). The number of fused-ring (bicyclic) bond motifs is 1. The number of likely N-dealkylation sites (tertiary alicyclic amines) is 1. The summed E-state index contributed by atoms with van der Waals surface area (Å²) in [5.41, 5.74) is 1.82. The lowest BCUT2D eigenvalue weighted by atomic mass is 9.73. The Morgan fingerprint density at radius 1 is 1.30 bits per heavy atom. The van der Waals surface area contributed by atoms with Crippen molar-refractivity contribution in [3.8, 4) is 10.6 Å². The summed E-state index contributed by atoms with van der Waals surface area (Å²) in [5.74, 6) is 0.489. The zero-order valence-electron chi connectivity index (χ0n) is 19.6. The zero-order valence-corrected chi connectivity index (χ0v) is 21.2. The molecule has 0 bridgehead atoms. The largest absolute Gasteiger partial charge is 0.355 e. The number of anilines is 1. The molecule has 1 fully saturated rings. The number of thiophene rings is 1. The zero-order chi connectivity index (χ0) is 23.4. The summed E-state index contributed by atoms with van der Waals surface area (Å²) in [7, 11) is 3.86. The van der Waals surface area contributed by atoms with Crippen LogP contribution >= 0.6 is 22.9 Å². The van der Waals surface area contributed by atoms with Gasteiger partial charge >= 0.3 is 0 Å². The van der Waals surface area contributed by atoms with Crippen molar-refractivity contribution in [1.29, 1.82) is 0 Å². The normalized spacial score (nSPS) is 16.1. The molecule has 3 heterocycles. The van der Waals surface area contributed by atoms with Gasteiger partial charge in [-0.15, -0.1) is 11.3 Å². The molecule has 1 saturated heterocycles. The van der Waals surface area contributed by atoms with Crippen LogP contribution in [0.4, 0.5) is 5.95 Å². The number of amides is 1. The van der Waals surface area contributed by atoms with Crippen LogP contribution in [0.3, 0.4) is 0 Å². The molecule has 1 aliphatic rings. The van der Waals surface area contributed by atoms with Crippen molar-refractivity contribution in [2.24, 2.45) is 5.41 Å². The summed E-state index contributed by atoms with van der Waals surface area (Å²) < 4.78 is 1.03. The number of hydrogen-bond acceptors (Lipinski definition) is 6. The van der Waals surface area contributed by atoms with Crippen LogP contribution in [0.25, 0.3) is 20.7 Å². The van der Waals surface area contributed by atoms with Gasteiger partial charge in [0.1, 0.15) is 5.69 Å². The molecule has 33 heavy (non-hydrogen) atoms. The summed E-state index contributed by atoms with van der Waals surface area (Å²) in [6, 6.07) is 7.74. The van der Waals surface area contributed by atoms with Gasteiger partial charge in [0.25, 0.3) is 5.91 Å². The van der Waals surface area contributed by atoms with E-state index in [1.54, 1.807) is 24.6 Å². The van der Waals surface area contributed by atoms with E-state index in [1.165, 1.54) is 38.8 Å². The van der Waals surface area contributed by atoms with Gasteiger partial charge in [0.05, 0.1) is 16.1 Å². The third-order valence-corrected chi connectivity index (χ3v) is 8.36. The van der Waals surface area contributed by atoms with Crippen molar-refractivity contribution in [3.63, 3.8) is 0 Å². The first-order valence-corrected chi connectivity index (χ1v) is 12.8. The Kier molecular flexibility index (Phi) is 7.51. The molecule has 3 aromatic rings. The molecule has 6 nitrogen and oxygen atoms in total. The second kappa shape index (κ2) is 10.4. The summed E-state index contributed by atoms with van der Waals surface area (Å²) in [4.78, 5) is 24.7. The first-order valence-electron chi connectivity index (χ1n) is 11.6. The average molecular weight is 486 g/mol. The Labute approximate surface area is 204 Å². The Bertz CT molecular complexity index is 1120. The minimum absolute atomic E-state index is 0.101. The molecule has 0 saturated carbocycles. The molecule has 2 N–H and O–H groups in total. The van der Waals surface area contributed by atoms with Crippen molar-refractivity contribution in [1.82, 2.24) is 20.2 Å². The maximum atomic E-state index is 12.2. The number of benzene rings is 1. The van der Waals surface area contributed by atoms with E-state index in [4.69, 9.17) is 16.6 Å². The summed E-state index contributed by atoms with van der Waals surface area (Å²) in [6.45, 7) is 5.56. The van der Waals surface area contributed by atoms with E-state index < -0.39 is 0 Å². The number of nitrogens with zero attached hydrogens (tertiary/aromatic N) is 3. The van der Waals surface area contributed by atoms with Crippen molar-refractivity contribution >= 4 is 44.9 Å². The Hall–Kier alpha value is -2.22. The van der Waals surface area contributed by atoms with Crippen molar-refractivity contribution in [2.75, 3.05) is 39.0 Å². The Morgan fingerprint density at radius 2 is 2.09 bits per heavy atom. The number of aromatic nitrogens is 2. The molecule has 0 atom stereocenters. The highest BCUT2D eigenvalue weighted by molar-refractivity contribution is 7.22. The third kappa shape index (κ3) is 5.31. The molecule has 2 aromatic heterocycles. The van der Waals surface area contributed by atoms with Gasteiger partial charge in [-0.2, -0.15) is 0 Å². The summed E-state index contributed by atoms with van der Waals surface area (Å²) >= 11 is 8.05. The Morgan fingerprint density at radius 3 is 2.82 bits per heavy atom. The van der Waals surface area contributed by atoms with Gasteiger partial charge < -0.3 is 15.5 Å². The van der Waals surface area contributed by atoms with E-state index in [0.29, 0.717) is 27.6 Å². The number of carbonyl (C=O) groups is 1. The number of halogens is 1. The number of rotatable bonds is 8. The Balaban J connectivity index is 1.46. The minimum Gasteiger partial charge on any atom is -0.355 e. The molecular weight excluding hydrogens is 454 g/mol. The fraction of sp³-hybridized carbons (Fsp3) is 0.480. The summed E-state index contributed by atoms with van der Waals surface area (Å²) in [5, 5.41) is 7.51. The average Bonchev–Trinajstić information content (AvgIpc) is 3.28. The van der Waals surface area contributed by atoms with Gasteiger partial charge in [-0.05, 0) is 69.4 Å². The van der Waals surface area contributed by atoms with E-state index in [9.17, 15) is 4.79 Å². The van der Waals surface area contributed by atoms with Crippen LogP contribution in [0.5, 0.6) is 0 Å². The molecular formula is C25H32ClN5OS. The predicted molar refractivity (Wildman–Crippen MR) is 138 cm³/mol. The molecule has 0 radical (unpaired) electrons. The van der Waals surface area contributed by atoms with Crippen LogP contribution < -0.4 is 10.6 Å². The van der Waals surface area contributed by atoms with Gasteiger partial charge in [-0.25, -0.2) is 9.97 Å². The van der Waals surface area contributed by atoms with Crippen LogP contribution in [0.1, 0.15) is 49.4 Å². The summed E-state index contributed by atoms with van der Waals surface area (Å²) in [6.07, 6.45) is 7.78. The van der Waals surface area contributed by atoms with Gasteiger partial charge in [0, 0.05) is 29.2 Å². The molecule has 176 valence electrons. The first kappa shape index (κ1) is 23.9. The first-order chi connectivity index (χ1) is 15.9. The van der Waals surface area contributed by atoms with E-state index >= 15 is 0 Å². The van der Waals surface area contributed by atoms with Crippen LogP contribution in [0, 0.1) is 5.41 Å². The quantitative estimate of drug-likeness (QED) is 0.401. The molecule has 0 unspecified atom stereocenters. The lowest BCUT2D eigenvalue weighted by molar-refractivity contribution is 0.0964. The molecule has 1 aliphatic heterocycles. The maximum absolute atomic E-state index is 12.2. The van der Waals surface area contributed by atoms with E-state index in [1.807, 2.05) is 24.3 Å². The van der Waals surface area contributed by atoms with Crippen molar-refractivity contribution in [2.45, 2.75) is 39.0 Å². The highest BCUT2D eigenvalue weighted by atomic mass is 35.5. The monoisotopic (exact) mass is 485 g/mol. The molecule has 4 rings (SSSR count). The second-order valence-electron chi connectivity index (χ2n) is 8.98. The van der Waals surface area contributed by atoms with Gasteiger partial charge in [-0.1, -0.05) is 31.0 Å². The van der Waals surface area contributed by atoms with Crippen LogP contribution in [0.2, 0.25) is 5.02 Å². The lowest BCUT2D eigenvalue weighted by Gasteiger charge is -2.40. The molecule has 8 heteroatoms. The highest BCUT2D eigenvalue weighted by Crippen LogP contribution is 2.39. The van der Waals surface area contributed by atoms with Gasteiger partial charge in [-0.3, -0.25) is 4.79 Å². The van der Waals surface area contributed by atoms with Gasteiger partial charge in [0.15, 0.2) is 0 Å². The fourth-order valence-electron chi connectivity index (χ4n) is 4.67.